The normalized spacial score (nSPS) is 11.6. The molecule has 0 radical (unpaired) electrons. The van der Waals surface area contributed by atoms with Gasteiger partial charge < -0.3 is 15.5 Å². The first-order valence-electron chi connectivity index (χ1n) is 10.8. The Morgan fingerprint density at radius 1 is 1.15 bits per heavy atom. The van der Waals surface area contributed by atoms with Gasteiger partial charge in [-0.1, -0.05) is 6.92 Å². The van der Waals surface area contributed by atoms with Gasteiger partial charge in [-0.25, -0.2) is 9.97 Å². The Balaban J connectivity index is 1.71. The SMILES string of the molecule is CCC(=O)C(CC(C)=O)NC(=O)c1ccc(N(C)Cc2cnc3nc(NC)[nH]c(=O)c3n2)cc1. The van der Waals surface area contributed by atoms with Gasteiger partial charge in [0.25, 0.3) is 11.5 Å². The summed E-state index contributed by atoms with van der Waals surface area (Å²) in [7, 11) is 3.49. The average molecular weight is 466 g/mol. The first-order chi connectivity index (χ1) is 16.2. The number of carbonyl (C=O) groups excluding carboxylic acids is 3. The van der Waals surface area contributed by atoms with Crippen molar-refractivity contribution >= 4 is 40.3 Å². The Kier molecular flexibility index (Phi) is 7.67. The van der Waals surface area contributed by atoms with Gasteiger partial charge in [-0.05, 0) is 31.2 Å². The van der Waals surface area contributed by atoms with Crippen LogP contribution >= 0.6 is 0 Å². The van der Waals surface area contributed by atoms with Gasteiger partial charge in [0.2, 0.25) is 5.95 Å². The molecule has 0 saturated heterocycles. The highest BCUT2D eigenvalue weighted by atomic mass is 16.2. The van der Waals surface area contributed by atoms with Crippen LogP contribution in [0.5, 0.6) is 0 Å². The first-order valence-corrected chi connectivity index (χ1v) is 10.8. The molecule has 2 heterocycles. The fourth-order valence-corrected chi connectivity index (χ4v) is 3.37. The largest absolute Gasteiger partial charge is 0.369 e. The number of fused-ring (bicyclic) bond motifs is 1. The summed E-state index contributed by atoms with van der Waals surface area (Å²) in [4.78, 5) is 65.6. The number of rotatable bonds is 10. The summed E-state index contributed by atoms with van der Waals surface area (Å²) >= 11 is 0. The first kappa shape index (κ1) is 24.5. The van der Waals surface area contributed by atoms with Crippen molar-refractivity contribution in [3.05, 3.63) is 52.1 Å². The third kappa shape index (κ3) is 5.80. The lowest BCUT2D eigenvalue weighted by atomic mass is 10.0. The zero-order valence-corrected chi connectivity index (χ0v) is 19.5. The lowest BCUT2D eigenvalue weighted by Gasteiger charge is -2.19. The molecule has 1 unspecified atom stereocenters. The van der Waals surface area contributed by atoms with Crippen molar-refractivity contribution in [3.63, 3.8) is 0 Å². The number of hydrogen-bond donors (Lipinski definition) is 3. The highest BCUT2D eigenvalue weighted by Gasteiger charge is 2.21. The number of ketones is 2. The van der Waals surface area contributed by atoms with Gasteiger partial charge in [0.05, 0.1) is 24.5 Å². The molecule has 3 aromatic rings. The van der Waals surface area contributed by atoms with Crippen LogP contribution < -0.4 is 21.1 Å². The number of nitrogens with zero attached hydrogens (tertiary/aromatic N) is 4. The van der Waals surface area contributed by atoms with Gasteiger partial charge in [-0.3, -0.25) is 24.2 Å². The number of carbonyl (C=O) groups is 3. The van der Waals surface area contributed by atoms with Crippen LogP contribution in [-0.2, 0) is 16.1 Å². The van der Waals surface area contributed by atoms with E-state index in [2.05, 4.69) is 30.6 Å². The standard InChI is InChI=1S/C23H27N7O4/c1-5-18(32)17(10-13(2)31)27-21(33)14-6-8-16(9-7-14)30(4)12-15-11-25-20-19(26-15)22(34)29-23(24-3)28-20/h6-9,11,17H,5,10,12H2,1-4H3,(H,27,33)(H2,24,25,28,29,34). The molecule has 1 amide bonds. The molecule has 11 nitrogen and oxygen atoms in total. The second-order valence-electron chi connectivity index (χ2n) is 7.85. The van der Waals surface area contributed by atoms with Crippen molar-refractivity contribution in [2.75, 3.05) is 24.3 Å². The number of hydrogen-bond acceptors (Lipinski definition) is 9. The fraction of sp³-hybridized carbons (Fsp3) is 0.348. The molecule has 0 aliphatic carbocycles. The number of benzene rings is 1. The summed E-state index contributed by atoms with van der Waals surface area (Å²) in [6.45, 7) is 3.45. The highest BCUT2D eigenvalue weighted by molar-refractivity contribution is 5.99. The fourth-order valence-electron chi connectivity index (χ4n) is 3.37. The number of anilines is 2. The zero-order chi connectivity index (χ0) is 24.8. The quantitative estimate of drug-likeness (QED) is 0.404. The van der Waals surface area contributed by atoms with E-state index in [1.165, 1.54) is 6.92 Å². The van der Waals surface area contributed by atoms with Crippen LogP contribution in [0.25, 0.3) is 11.2 Å². The van der Waals surface area contributed by atoms with E-state index in [4.69, 9.17) is 0 Å². The second-order valence-corrected chi connectivity index (χ2v) is 7.85. The Bertz CT molecular complexity index is 1270. The summed E-state index contributed by atoms with van der Waals surface area (Å²) < 4.78 is 0. The van der Waals surface area contributed by atoms with Crippen LogP contribution in [0, 0.1) is 0 Å². The van der Waals surface area contributed by atoms with Crippen molar-refractivity contribution < 1.29 is 14.4 Å². The molecule has 2 aromatic heterocycles. The van der Waals surface area contributed by atoms with Crippen LogP contribution in [0.2, 0.25) is 0 Å². The van der Waals surface area contributed by atoms with Crippen molar-refractivity contribution in [1.82, 2.24) is 25.3 Å². The third-order valence-corrected chi connectivity index (χ3v) is 5.21. The predicted octanol–water partition coefficient (Wildman–Crippen LogP) is 1.45. The second kappa shape index (κ2) is 10.6. The number of amides is 1. The highest BCUT2D eigenvalue weighted by Crippen LogP contribution is 2.17. The number of nitrogens with one attached hydrogen (secondary N) is 3. The van der Waals surface area contributed by atoms with Crippen LogP contribution in [0.15, 0.2) is 35.3 Å². The van der Waals surface area contributed by atoms with Gasteiger partial charge in [-0.2, -0.15) is 4.98 Å². The van der Waals surface area contributed by atoms with Gasteiger partial charge in [0.1, 0.15) is 5.78 Å². The molecule has 0 spiro atoms. The Hall–Kier alpha value is -4.15. The van der Waals surface area contributed by atoms with E-state index in [0.717, 1.165) is 5.69 Å². The summed E-state index contributed by atoms with van der Waals surface area (Å²) in [6.07, 6.45) is 1.77. The molecule has 0 saturated carbocycles. The van der Waals surface area contributed by atoms with Crippen LogP contribution in [0.1, 0.15) is 42.7 Å². The van der Waals surface area contributed by atoms with Gasteiger partial charge >= 0.3 is 0 Å². The maximum atomic E-state index is 12.6. The lowest BCUT2D eigenvalue weighted by Crippen LogP contribution is -2.41. The smallest absolute Gasteiger partial charge is 0.280 e. The lowest BCUT2D eigenvalue weighted by molar-refractivity contribution is -0.124. The van der Waals surface area contributed by atoms with Crippen molar-refractivity contribution in [2.24, 2.45) is 0 Å². The molecule has 178 valence electrons. The van der Waals surface area contributed by atoms with E-state index < -0.39 is 11.9 Å². The maximum absolute atomic E-state index is 12.6. The molecule has 0 aliphatic rings. The van der Waals surface area contributed by atoms with Crippen molar-refractivity contribution in [2.45, 2.75) is 39.3 Å². The van der Waals surface area contributed by atoms with E-state index in [9.17, 15) is 19.2 Å². The van der Waals surface area contributed by atoms with E-state index in [1.807, 2.05) is 11.9 Å². The van der Waals surface area contributed by atoms with Gasteiger partial charge in [0.15, 0.2) is 16.9 Å². The molecule has 1 atom stereocenters. The Morgan fingerprint density at radius 2 is 1.85 bits per heavy atom. The van der Waals surface area contributed by atoms with Crippen molar-refractivity contribution in [3.8, 4) is 0 Å². The minimum atomic E-state index is -0.828. The van der Waals surface area contributed by atoms with E-state index in [0.29, 0.717) is 23.8 Å². The molecule has 0 aliphatic heterocycles. The number of Topliss-reactive ketones (excluding diaryl/α,β-unsaturated/α-hetero) is 2. The summed E-state index contributed by atoms with van der Waals surface area (Å²) in [6, 6.07) is 5.98. The van der Waals surface area contributed by atoms with Gasteiger partial charge in [-0.15, -0.1) is 0 Å². The predicted molar refractivity (Wildman–Crippen MR) is 128 cm³/mol. The minimum Gasteiger partial charge on any atom is -0.369 e. The van der Waals surface area contributed by atoms with Crippen molar-refractivity contribution in [1.29, 1.82) is 0 Å². The summed E-state index contributed by atoms with van der Waals surface area (Å²) in [5.74, 6) is -0.462. The maximum Gasteiger partial charge on any atom is 0.280 e. The minimum absolute atomic E-state index is 0.0271. The Morgan fingerprint density at radius 3 is 2.47 bits per heavy atom. The molecule has 11 heteroatoms. The molecule has 0 fully saturated rings. The van der Waals surface area contributed by atoms with Crippen LogP contribution in [0.3, 0.4) is 0 Å². The number of aromatic nitrogens is 4. The average Bonchev–Trinajstić information content (AvgIpc) is 2.83. The monoisotopic (exact) mass is 465 g/mol. The number of aromatic amines is 1. The van der Waals surface area contributed by atoms with E-state index >= 15 is 0 Å². The van der Waals surface area contributed by atoms with E-state index in [1.54, 1.807) is 44.4 Å². The molecule has 3 rings (SSSR count). The Labute approximate surface area is 196 Å². The zero-order valence-electron chi connectivity index (χ0n) is 19.5. The van der Waals surface area contributed by atoms with Crippen LogP contribution in [0.4, 0.5) is 11.6 Å². The van der Waals surface area contributed by atoms with E-state index in [-0.39, 0.29) is 41.1 Å². The molecule has 3 N–H and O–H groups in total. The topological polar surface area (TPSA) is 150 Å². The molecule has 1 aromatic carbocycles. The molecule has 34 heavy (non-hydrogen) atoms. The number of H-pyrrole nitrogens is 1. The molecular formula is C23H27N7O4. The van der Waals surface area contributed by atoms with Gasteiger partial charge in [0, 0.05) is 38.2 Å². The van der Waals surface area contributed by atoms with Crippen LogP contribution in [-0.4, -0.2) is 57.5 Å². The molecule has 0 bridgehead atoms. The summed E-state index contributed by atoms with van der Waals surface area (Å²) in [5.41, 5.74) is 1.77. The summed E-state index contributed by atoms with van der Waals surface area (Å²) in [5, 5.41) is 5.41. The molecular weight excluding hydrogens is 438 g/mol. The third-order valence-electron chi connectivity index (χ3n) is 5.21.